The van der Waals surface area contributed by atoms with E-state index in [1.54, 1.807) is 0 Å². The van der Waals surface area contributed by atoms with E-state index in [0.717, 1.165) is 0 Å². The zero-order valence-electron chi connectivity index (χ0n) is 2.51. The molecule has 5 heteroatoms. The Balaban J connectivity index is -0.0000000450. The summed E-state index contributed by atoms with van der Waals surface area (Å²) in [6, 6.07) is 0. The van der Waals surface area contributed by atoms with Crippen molar-refractivity contribution in [2.75, 3.05) is 0 Å². The molecule has 0 atom stereocenters. The van der Waals surface area contributed by atoms with Crippen molar-refractivity contribution < 1.29 is 34.5 Å². The molecule has 0 spiro atoms. The fourth-order valence-corrected chi connectivity index (χ4v) is 0. The second-order valence-corrected chi connectivity index (χ2v) is 0.283. The van der Waals surface area contributed by atoms with Crippen LogP contribution in [0.1, 0.15) is 0 Å². The van der Waals surface area contributed by atoms with Crippen molar-refractivity contribution >= 4 is 29.2 Å². The fraction of sp³-hybridized carbons (Fsp3) is 0. The summed E-state index contributed by atoms with van der Waals surface area (Å²) in [6.45, 7) is 0. The summed E-state index contributed by atoms with van der Waals surface area (Å²) in [5.41, 5.74) is 0. The number of carbonyl (C=O) groups is 1. The third-order valence-electron chi connectivity index (χ3n) is 0. The first-order valence-electron chi connectivity index (χ1n) is 0.651. The summed E-state index contributed by atoms with van der Waals surface area (Å²) < 4.78 is 0. The zero-order chi connectivity index (χ0) is 3.58. The smallest absolute Gasteiger partial charge is 0.450 e. The topological polar surface area (TPSA) is 57.5 Å². The van der Waals surface area contributed by atoms with Gasteiger partial charge in [-0.2, -0.15) is 0 Å². The minimum atomic E-state index is -1.83. The van der Waals surface area contributed by atoms with Gasteiger partial charge in [0.15, 0.2) is 0 Å². The van der Waals surface area contributed by atoms with Crippen LogP contribution >= 0.6 is 0 Å². The van der Waals surface area contributed by atoms with E-state index < -0.39 is 6.16 Å². The van der Waals surface area contributed by atoms with Crippen molar-refractivity contribution in [3.05, 3.63) is 0 Å². The summed E-state index contributed by atoms with van der Waals surface area (Å²) >= 11 is 0. The maximum absolute atomic E-state index is 8.56. The van der Waals surface area contributed by atoms with Crippen LogP contribution in [0.15, 0.2) is 0 Å². The van der Waals surface area contributed by atoms with E-state index in [1.165, 1.54) is 0 Å². The van der Waals surface area contributed by atoms with Gasteiger partial charge in [-0.3, -0.25) is 0 Å². The summed E-state index contributed by atoms with van der Waals surface area (Å²) in [6.07, 6.45) is -1.83. The predicted molar refractivity (Wildman–Crippen MR) is 19.2 cm³/mol. The van der Waals surface area contributed by atoms with Gasteiger partial charge in [-0.15, -0.1) is 0 Å². The molecule has 2 N–H and O–H groups in total. The Kier molecular flexibility index (Phi) is 24.4. The van der Waals surface area contributed by atoms with Crippen molar-refractivity contribution in [1.82, 2.24) is 0 Å². The molecular formula is CH4MgO3Zn. The van der Waals surface area contributed by atoms with Crippen LogP contribution in [0.25, 0.3) is 0 Å². The first kappa shape index (κ1) is 15.9. The zero-order valence-corrected chi connectivity index (χ0v) is 5.48. The summed E-state index contributed by atoms with van der Waals surface area (Å²) in [7, 11) is 0. The molecule has 0 radical (unpaired) electrons. The quantitative estimate of drug-likeness (QED) is 0.453. The minimum absolute atomic E-state index is 0. The second-order valence-electron chi connectivity index (χ2n) is 0.283. The maximum Gasteiger partial charge on any atom is 0.503 e. The third kappa shape index (κ3) is 143. The van der Waals surface area contributed by atoms with Gasteiger partial charge in [0.25, 0.3) is 0 Å². The van der Waals surface area contributed by atoms with Gasteiger partial charge in [0.2, 0.25) is 0 Å². The van der Waals surface area contributed by atoms with Gasteiger partial charge in [-0.1, -0.05) is 0 Å². The molecule has 30 valence electrons. The predicted octanol–water partition coefficient (Wildman–Crippen LogP) is -0.696. The minimum Gasteiger partial charge on any atom is -0.450 e. The van der Waals surface area contributed by atoms with Gasteiger partial charge in [0.1, 0.15) is 0 Å². The summed E-state index contributed by atoms with van der Waals surface area (Å²) in [4.78, 5) is 8.56. The van der Waals surface area contributed by atoms with Crippen LogP contribution in [0.3, 0.4) is 0 Å². The van der Waals surface area contributed by atoms with Gasteiger partial charge in [0, 0.05) is 19.5 Å². The fourth-order valence-electron chi connectivity index (χ4n) is 0. The van der Waals surface area contributed by atoms with Crippen LogP contribution < -0.4 is 0 Å². The van der Waals surface area contributed by atoms with Crippen molar-refractivity contribution in [3.63, 3.8) is 0 Å². The molecule has 3 nitrogen and oxygen atoms in total. The van der Waals surface area contributed by atoms with E-state index in [4.69, 9.17) is 15.0 Å². The van der Waals surface area contributed by atoms with Crippen LogP contribution in [0, 0.1) is 0 Å². The Morgan fingerprint density at radius 2 is 1.33 bits per heavy atom. The van der Waals surface area contributed by atoms with Crippen LogP contribution in [0.4, 0.5) is 4.79 Å². The van der Waals surface area contributed by atoms with Crippen LogP contribution in [0.2, 0.25) is 0 Å². The molecule has 0 fully saturated rings. The van der Waals surface area contributed by atoms with E-state index in [9.17, 15) is 0 Å². The molecule has 0 aliphatic rings. The molecule has 0 aliphatic carbocycles. The SMILES string of the molecule is O=C(O)O.[MgH2].[Zn]. The Hall–Kier alpha value is 0.660. The van der Waals surface area contributed by atoms with E-state index in [0.29, 0.717) is 0 Å². The van der Waals surface area contributed by atoms with Crippen molar-refractivity contribution in [2.24, 2.45) is 0 Å². The summed E-state index contributed by atoms with van der Waals surface area (Å²) in [5, 5.41) is 13.9. The van der Waals surface area contributed by atoms with Gasteiger partial charge in [-0.05, 0) is 0 Å². The molecule has 0 bridgehead atoms. The Labute approximate surface area is 63.6 Å². The maximum atomic E-state index is 8.56. The molecule has 0 aromatic rings. The second kappa shape index (κ2) is 9.18. The average molecular weight is 154 g/mol. The molecule has 0 saturated carbocycles. The molecule has 0 saturated heterocycles. The van der Waals surface area contributed by atoms with Crippen LogP contribution in [-0.2, 0) is 19.5 Å². The van der Waals surface area contributed by atoms with Crippen molar-refractivity contribution in [3.8, 4) is 0 Å². The Morgan fingerprint density at radius 1 is 1.33 bits per heavy atom. The molecule has 0 unspecified atom stereocenters. The number of hydrogen-bond donors (Lipinski definition) is 2. The molecule has 0 aliphatic heterocycles. The molecule has 0 aromatic carbocycles. The van der Waals surface area contributed by atoms with Crippen molar-refractivity contribution in [2.45, 2.75) is 0 Å². The van der Waals surface area contributed by atoms with Gasteiger partial charge >= 0.3 is 29.2 Å². The monoisotopic (exact) mass is 152 g/mol. The molecular weight excluding hydrogens is 150 g/mol. The molecule has 0 amide bonds. The van der Waals surface area contributed by atoms with Gasteiger partial charge in [-0.25, -0.2) is 4.79 Å². The molecule has 0 rings (SSSR count). The number of rotatable bonds is 0. The van der Waals surface area contributed by atoms with Crippen LogP contribution in [-0.4, -0.2) is 39.4 Å². The van der Waals surface area contributed by atoms with E-state index in [-0.39, 0.29) is 42.5 Å². The summed E-state index contributed by atoms with van der Waals surface area (Å²) in [5.74, 6) is 0. The first-order chi connectivity index (χ1) is 1.73. The first-order valence-corrected chi connectivity index (χ1v) is 0.651. The largest absolute Gasteiger partial charge is 0.503 e. The number of hydrogen-bond acceptors (Lipinski definition) is 1. The van der Waals surface area contributed by atoms with Crippen molar-refractivity contribution in [1.29, 1.82) is 0 Å². The van der Waals surface area contributed by atoms with E-state index >= 15 is 0 Å². The average Bonchev–Trinajstić information content (AvgIpc) is 0.811. The Morgan fingerprint density at radius 3 is 1.33 bits per heavy atom. The molecule has 6 heavy (non-hydrogen) atoms. The number of carboxylic acid groups (broad SMARTS) is 2. The standard InChI is InChI=1S/CH2O3.Mg.Zn.2H/c2-1(3)4;;;;/h(H2,2,3,4);;;;. The van der Waals surface area contributed by atoms with E-state index in [2.05, 4.69) is 0 Å². The Bertz CT molecular complexity index is 33.8. The molecule has 0 aromatic heterocycles. The normalized spacial score (nSPS) is 4.00. The van der Waals surface area contributed by atoms with E-state index in [1.807, 2.05) is 0 Å². The third-order valence-corrected chi connectivity index (χ3v) is 0. The van der Waals surface area contributed by atoms with Gasteiger partial charge in [0.05, 0.1) is 0 Å². The van der Waals surface area contributed by atoms with Gasteiger partial charge < -0.3 is 10.2 Å². The molecule has 0 heterocycles. The van der Waals surface area contributed by atoms with Crippen LogP contribution in [0.5, 0.6) is 0 Å².